The molecule has 1 aliphatic heterocycles. The maximum atomic E-state index is 13.2. The highest BCUT2D eigenvalue weighted by molar-refractivity contribution is 7.20. The average Bonchev–Trinajstić information content (AvgIpc) is 3.41. The van der Waals surface area contributed by atoms with Gasteiger partial charge in [0.15, 0.2) is 0 Å². The van der Waals surface area contributed by atoms with Crippen LogP contribution in [-0.4, -0.2) is 62.7 Å². The van der Waals surface area contributed by atoms with Crippen molar-refractivity contribution in [3.8, 4) is 5.75 Å². The molecule has 0 bridgehead atoms. The molecule has 3 heterocycles. The lowest BCUT2D eigenvalue weighted by atomic mass is 10.1. The molecule has 4 aromatic rings. The standard InChI is InChI=1S/C25H23ClN4O3S/c1-16-19-14-22(34-25(19)30(27-16)15-17-6-2-4-8-20(17)26)24(33)29-12-10-28(11-13-29)23(32)18-7-3-5-9-21(18)31/h2-9,14,31H,10-13,15H2,1H3. The Morgan fingerprint density at radius 3 is 2.35 bits per heavy atom. The summed E-state index contributed by atoms with van der Waals surface area (Å²) in [4.78, 5) is 31.0. The molecule has 2 aromatic carbocycles. The van der Waals surface area contributed by atoms with Gasteiger partial charge in [-0.15, -0.1) is 11.3 Å². The average molecular weight is 495 g/mol. The van der Waals surface area contributed by atoms with E-state index in [1.54, 1.807) is 28.0 Å². The number of hydrogen-bond donors (Lipinski definition) is 1. The Balaban J connectivity index is 1.30. The number of thiophene rings is 1. The third-order valence-corrected chi connectivity index (χ3v) is 7.59. The third-order valence-electron chi connectivity index (χ3n) is 6.08. The van der Waals surface area contributed by atoms with Crippen molar-refractivity contribution in [2.45, 2.75) is 13.5 Å². The SMILES string of the molecule is Cc1nn(Cc2ccccc2Cl)c2sc(C(=O)N3CCN(C(=O)c4ccccc4O)CC3)cc12. The molecule has 0 atom stereocenters. The second-order valence-corrected chi connectivity index (χ2v) is 9.70. The lowest BCUT2D eigenvalue weighted by molar-refractivity contribution is 0.0536. The van der Waals surface area contributed by atoms with Gasteiger partial charge in [0.25, 0.3) is 11.8 Å². The van der Waals surface area contributed by atoms with Crippen LogP contribution in [0.4, 0.5) is 0 Å². The molecule has 5 rings (SSSR count). The lowest BCUT2D eigenvalue weighted by Gasteiger charge is -2.34. The van der Waals surface area contributed by atoms with Gasteiger partial charge in [0.05, 0.1) is 22.7 Å². The summed E-state index contributed by atoms with van der Waals surface area (Å²) in [7, 11) is 0. The number of carbonyl (C=O) groups is 2. The van der Waals surface area contributed by atoms with E-state index >= 15 is 0 Å². The van der Waals surface area contributed by atoms with Gasteiger partial charge in [-0.2, -0.15) is 5.10 Å². The highest BCUT2D eigenvalue weighted by Gasteiger charge is 2.28. The van der Waals surface area contributed by atoms with Gasteiger partial charge in [-0.05, 0) is 36.8 Å². The normalized spacial score (nSPS) is 14.1. The third kappa shape index (κ3) is 4.15. The Morgan fingerprint density at radius 1 is 1.00 bits per heavy atom. The number of phenols is 1. The number of rotatable bonds is 4. The number of amides is 2. The second kappa shape index (κ2) is 9.12. The number of benzene rings is 2. The minimum atomic E-state index is -0.220. The van der Waals surface area contributed by atoms with E-state index in [2.05, 4.69) is 5.10 Å². The Labute approximate surface area is 205 Å². The monoisotopic (exact) mass is 494 g/mol. The molecule has 2 aromatic heterocycles. The summed E-state index contributed by atoms with van der Waals surface area (Å²) in [6.07, 6.45) is 0. The van der Waals surface area contributed by atoms with Crippen molar-refractivity contribution in [2.75, 3.05) is 26.2 Å². The van der Waals surface area contributed by atoms with Gasteiger partial charge in [-0.3, -0.25) is 14.3 Å². The van der Waals surface area contributed by atoms with E-state index in [0.29, 0.717) is 42.6 Å². The van der Waals surface area contributed by atoms with E-state index < -0.39 is 0 Å². The summed E-state index contributed by atoms with van der Waals surface area (Å²) >= 11 is 7.76. The Kier molecular flexibility index (Phi) is 6.02. The van der Waals surface area contributed by atoms with Crippen LogP contribution in [0.2, 0.25) is 5.02 Å². The van der Waals surface area contributed by atoms with Crippen molar-refractivity contribution >= 4 is 45.0 Å². The number of halogens is 1. The van der Waals surface area contributed by atoms with E-state index in [4.69, 9.17) is 11.6 Å². The van der Waals surface area contributed by atoms with Crippen LogP contribution in [0, 0.1) is 6.92 Å². The number of hydrogen-bond acceptors (Lipinski definition) is 5. The second-order valence-electron chi connectivity index (χ2n) is 8.27. The fraction of sp³-hybridized carbons (Fsp3) is 0.240. The fourth-order valence-corrected chi connectivity index (χ4v) is 5.53. The number of para-hydroxylation sites is 1. The molecule has 9 heteroatoms. The number of aromatic nitrogens is 2. The molecule has 1 saturated heterocycles. The first-order chi connectivity index (χ1) is 16.4. The van der Waals surface area contributed by atoms with Crippen molar-refractivity contribution in [2.24, 2.45) is 0 Å². The molecule has 0 unspecified atom stereocenters. The van der Waals surface area contributed by atoms with Crippen LogP contribution >= 0.6 is 22.9 Å². The maximum absolute atomic E-state index is 13.2. The zero-order valence-corrected chi connectivity index (χ0v) is 20.1. The first kappa shape index (κ1) is 22.4. The van der Waals surface area contributed by atoms with Crippen LogP contribution in [0.3, 0.4) is 0 Å². The van der Waals surface area contributed by atoms with Crippen LogP contribution in [-0.2, 0) is 6.54 Å². The minimum absolute atomic E-state index is 0.0301. The van der Waals surface area contributed by atoms with Gasteiger partial charge in [-0.1, -0.05) is 41.9 Å². The molecule has 0 aliphatic carbocycles. The topological polar surface area (TPSA) is 78.7 Å². The highest BCUT2D eigenvalue weighted by Crippen LogP contribution is 2.31. The summed E-state index contributed by atoms with van der Waals surface area (Å²) in [6.45, 7) is 4.20. The number of phenolic OH excluding ortho intramolecular Hbond substituents is 1. The van der Waals surface area contributed by atoms with E-state index in [1.807, 2.05) is 41.9 Å². The highest BCUT2D eigenvalue weighted by atomic mass is 35.5. The van der Waals surface area contributed by atoms with Crippen molar-refractivity contribution < 1.29 is 14.7 Å². The lowest BCUT2D eigenvalue weighted by Crippen LogP contribution is -2.50. The van der Waals surface area contributed by atoms with Crippen molar-refractivity contribution in [3.63, 3.8) is 0 Å². The largest absolute Gasteiger partial charge is 0.507 e. The van der Waals surface area contributed by atoms with Crippen molar-refractivity contribution in [1.29, 1.82) is 0 Å². The van der Waals surface area contributed by atoms with Gasteiger partial charge >= 0.3 is 0 Å². The first-order valence-corrected chi connectivity index (χ1v) is 12.2. The Bertz CT molecular complexity index is 1390. The van der Waals surface area contributed by atoms with Gasteiger partial charge in [-0.25, -0.2) is 0 Å². The minimum Gasteiger partial charge on any atom is -0.507 e. The summed E-state index contributed by atoms with van der Waals surface area (Å²) < 4.78 is 1.90. The zero-order valence-electron chi connectivity index (χ0n) is 18.6. The summed E-state index contributed by atoms with van der Waals surface area (Å²) in [5.41, 5.74) is 2.13. The molecule has 0 spiro atoms. The van der Waals surface area contributed by atoms with E-state index in [9.17, 15) is 14.7 Å². The molecule has 174 valence electrons. The van der Waals surface area contributed by atoms with Crippen molar-refractivity contribution in [1.82, 2.24) is 19.6 Å². The molecule has 0 saturated carbocycles. The number of fused-ring (bicyclic) bond motifs is 1. The van der Waals surface area contributed by atoms with Crippen LogP contribution in [0.1, 0.15) is 31.3 Å². The van der Waals surface area contributed by atoms with E-state index in [0.717, 1.165) is 21.5 Å². The zero-order chi connectivity index (χ0) is 23.8. The number of piperazine rings is 1. The van der Waals surface area contributed by atoms with E-state index in [1.165, 1.54) is 17.4 Å². The summed E-state index contributed by atoms with van der Waals surface area (Å²) in [6, 6.07) is 16.1. The smallest absolute Gasteiger partial charge is 0.264 e. The van der Waals surface area contributed by atoms with Gasteiger partial charge in [0, 0.05) is 36.6 Å². The number of aromatic hydroxyl groups is 1. The molecule has 34 heavy (non-hydrogen) atoms. The van der Waals surface area contributed by atoms with Crippen molar-refractivity contribution in [3.05, 3.63) is 81.3 Å². The van der Waals surface area contributed by atoms with Crippen LogP contribution < -0.4 is 0 Å². The predicted octanol–water partition coefficient (Wildman–Crippen LogP) is 4.41. The van der Waals surface area contributed by atoms with Gasteiger partial charge < -0.3 is 14.9 Å². The summed E-state index contributed by atoms with van der Waals surface area (Å²) in [5.74, 6) is -0.292. The quantitative estimate of drug-likeness (QED) is 0.455. The van der Waals surface area contributed by atoms with Crippen LogP contribution in [0.25, 0.3) is 10.2 Å². The number of nitrogens with zero attached hydrogens (tertiary/aromatic N) is 4. The van der Waals surface area contributed by atoms with Gasteiger partial charge in [0.2, 0.25) is 0 Å². The Morgan fingerprint density at radius 2 is 1.65 bits per heavy atom. The summed E-state index contributed by atoms with van der Waals surface area (Å²) in [5, 5.41) is 16.3. The molecule has 2 amide bonds. The number of carbonyl (C=O) groups excluding carboxylic acids is 2. The molecular formula is C25H23ClN4O3S. The van der Waals surface area contributed by atoms with E-state index in [-0.39, 0.29) is 23.1 Å². The molecule has 1 aliphatic rings. The maximum Gasteiger partial charge on any atom is 0.264 e. The fourth-order valence-electron chi connectivity index (χ4n) is 4.21. The Hall–Kier alpha value is -3.36. The van der Waals surface area contributed by atoms with Crippen LogP contribution in [0.5, 0.6) is 5.75 Å². The molecule has 0 radical (unpaired) electrons. The molecule has 7 nitrogen and oxygen atoms in total. The molecule has 1 fully saturated rings. The molecular weight excluding hydrogens is 472 g/mol. The van der Waals surface area contributed by atoms with Gasteiger partial charge in [0.1, 0.15) is 10.6 Å². The first-order valence-electron chi connectivity index (χ1n) is 11.0. The molecule has 1 N–H and O–H groups in total. The predicted molar refractivity (Wildman–Crippen MR) is 133 cm³/mol. The number of aryl methyl sites for hydroxylation is 1. The van der Waals surface area contributed by atoms with Crippen LogP contribution in [0.15, 0.2) is 54.6 Å².